The van der Waals surface area contributed by atoms with Crippen LogP contribution in [0.3, 0.4) is 0 Å². The summed E-state index contributed by atoms with van der Waals surface area (Å²) in [6.45, 7) is 14.0. The lowest BCUT2D eigenvalue weighted by atomic mass is 9.61. The number of rotatable bonds is 5. The fraction of sp³-hybridized carbons (Fsp3) is 0.714. The molecule has 4 nitrogen and oxygen atoms in total. The minimum atomic E-state index is -3.23. The molecule has 0 saturated heterocycles. The summed E-state index contributed by atoms with van der Waals surface area (Å²) in [5.74, 6) is 1.56. The molecule has 0 aromatic rings. The normalized spacial score (nSPS) is 37.1. The zero-order valence-electron chi connectivity index (χ0n) is 21.2. The zero-order valence-corrected chi connectivity index (χ0v) is 22.0. The van der Waals surface area contributed by atoms with Gasteiger partial charge >= 0.3 is 0 Å². The molecule has 0 bridgehead atoms. The standard InChI is InChI=1S/C28H44O4S/c1-19(9-8-16-33(31,32)27(3,4)5)24-13-14-25-21(10-7-15-28(24,25)6)11-12-22-17-23(29)18-26(30)20(22)2/h8,11-12,16,19,23-26,29-30H,2,7,9-10,13-15,17-18H2,1,3-6H3/t19-,23-,24?,25+,26+,28-/m1/s1. The number of hydrogen-bond acceptors (Lipinski definition) is 4. The molecule has 0 heterocycles. The van der Waals surface area contributed by atoms with Gasteiger partial charge in [-0.05, 0) is 100 Å². The quantitative estimate of drug-likeness (QED) is 0.519. The second-order valence-corrected chi connectivity index (χ2v) is 14.5. The lowest BCUT2D eigenvalue weighted by Crippen LogP contribution is -2.36. The molecule has 186 valence electrons. The minimum absolute atomic E-state index is 0.237. The van der Waals surface area contributed by atoms with Gasteiger partial charge in [-0.15, -0.1) is 0 Å². The van der Waals surface area contributed by atoms with Gasteiger partial charge in [0.05, 0.1) is 17.0 Å². The summed E-state index contributed by atoms with van der Waals surface area (Å²) < 4.78 is 24.1. The molecule has 3 fully saturated rings. The number of aliphatic hydroxyl groups is 2. The highest BCUT2D eigenvalue weighted by Gasteiger charge is 2.50. The van der Waals surface area contributed by atoms with E-state index in [1.165, 1.54) is 36.7 Å². The minimum Gasteiger partial charge on any atom is -0.393 e. The molecule has 0 aromatic heterocycles. The van der Waals surface area contributed by atoms with Crippen molar-refractivity contribution < 1.29 is 18.6 Å². The van der Waals surface area contributed by atoms with Gasteiger partial charge in [-0.25, -0.2) is 8.42 Å². The second-order valence-electron chi connectivity index (χ2n) is 11.9. The molecule has 3 rings (SSSR count). The summed E-state index contributed by atoms with van der Waals surface area (Å²) in [6, 6.07) is 0. The molecule has 0 amide bonds. The van der Waals surface area contributed by atoms with Crippen molar-refractivity contribution in [2.45, 2.75) is 103 Å². The molecule has 0 aliphatic heterocycles. The van der Waals surface area contributed by atoms with Gasteiger partial charge < -0.3 is 10.2 Å². The van der Waals surface area contributed by atoms with Crippen molar-refractivity contribution >= 4 is 9.84 Å². The van der Waals surface area contributed by atoms with Crippen molar-refractivity contribution in [3.8, 4) is 0 Å². The number of fused-ring (bicyclic) bond motifs is 1. The van der Waals surface area contributed by atoms with E-state index in [0.29, 0.717) is 30.6 Å². The molecule has 2 N–H and O–H groups in total. The van der Waals surface area contributed by atoms with E-state index in [1.807, 2.05) is 6.08 Å². The maximum Gasteiger partial charge on any atom is 0.176 e. The fourth-order valence-corrected chi connectivity index (χ4v) is 7.22. The summed E-state index contributed by atoms with van der Waals surface area (Å²) in [4.78, 5) is 0. The molecule has 1 unspecified atom stereocenters. The lowest BCUT2D eigenvalue weighted by molar-refractivity contribution is 0.0862. The molecule has 6 atom stereocenters. The molecule has 3 saturated carbocycles. The summed E-state index contributed by atoms with van der Waals surface area (Å²) >= 11 is 0. The van der Waals surface area contributed by atoms with Gasteiger partial charge in [0.25, 0.3) is 0 Å². The van der Waals surface area contributed by atoms with Gasteiger partial charge in [0.15, 0.2) is 9.84 Å². The Bertz CT molecular complexity index is 933. The molecular weight excluding hydrogens is 432 g/mol. The first kappa shape index (κ1) is 26.4. The van der Waals surface area contributed by atoms with E-state index in [4.69, 9.17) is 0 Å². The van der Waals surface area contributed by atoms with Crippen molar-refractivity contribution in [3.63, 3.8) is 0 Å². The smallest absolute Gasteiger partial charge is 0.176 e. The first-order valence-corrected chi connectivity index (χ1v) is 14.2. The summed E-state index contributed by atoms with van der Waals surface area (Å²) in [6.07, 6.45) is 12.6. The highest BCUT2D eigenvalue weighted by atomic mass is 32.2. The van der Waals surface area contributed by atoms with Crippen LogP contribution >= 0.6 is 0 Å². The van der Waals surface area contributed by atoms with Crippen molar-refractivity contribution in [3.05, 3.63) is 46.9 Å². The molecule has 0 spiro atoms. The van der Waals surface area contributed by atoms with Gasteiger partial charge in [-0.2, -0.15) is 0 Å². The monoisotopic (exact) mass is 476 g/mol. The predicted molar refractivity (Wildman–Crippen MR) is 136 cm³/mol. The number of aliphatic hydroxyl groups excluding tert-OH is 2. The van der Waals surface area contributed by atoms with Crippen LogP contribution in [0.2, 0.25) is 0 Å². The second kappa shape index (κ2) is 9.83. The van der Waals surface area contributed by atoms with Crippen molar-refractivity contribution in [2.24, 2.45) is 23.2 Å². The zero-order chi connectivity index (χ0) is 24.6. The van der Waals surface area contributed by atoms with Crippen molar-refractivity contribution in [1.29, 1.82) is 0 Å². The first-order chi connectivity index (χ1) is 15.3. The van der Waals surface area contributed by atoms with Crippen LogP contribution in [-0.2, 0) is 9.84 Å². The number of allylic oxidation sites excluding steroid dienone is 4. The Hall–Kier alpha value is -1.17. The Balaban J connectivity index is 1.73. The Kier molecular flexibility index (Phi) is 7.87. The van der Waals surface area contributed by atoms with Crippen LogP contribution < -0.4 is 0 Å². The van der Waals surface area contributed by atoms with Gasteiger partial charge in [0.1, 0.15) is 0 Å². The topological polar surface area (TPSA) is 74.6 Å². The maximum absolute atomic E-state index is 12.4. The average molecular weight is 477 g/mol. The lowest BCUT2D eigenvalue weighted by Gasteiger charge is -2.44. The van der Waals surface area contributed by atoms with Crippen LogP contribution in [0, 0.1) is 23.2 Å². The molecule has 3 aliphatic rings. The number of hydrogen-bond donors (Lipinski definition) is 2. The predicted octanol–water partition coefficient (Wildman–Crippen LogP) is 5.88. The van der Waals surface area contributed by atoms with E-state index in [-0.39, 0.29) is 5.41 Å². The third-order valence-electron chi connectivity index (χ3n) is 8.63. The molecule has 5 heteroatoms. The van der Waals surface area contributed by atoms with Crippen molar-refractivity contribution in [2.75, 3.05) is 0 Å². The molecule has 3 aliphatic carbocycles. The van der Waals surface area contributed by atoms with Gasteiger partial charge in [-0.1, -0.05) is 44.2 Å². The van der Waals surface area contributed by atoms with E-state index in [2.05, 4.69) is 32.6 Å². The van der Waals surface area contributed by atoms with Crippen LogP contribution in [-0.4, -0.2) is 35.6 Å². The van der Waals surface area contributed by atoms with Gasteiger partial charge in [-0.3, -0.25) is 0 Å². The summed E-state index contributed by atoms with van der Waals surface area (Å²) in [7, 11) is -3.23. The van der Waals surface area contributed by atoms with E-state index < -0.39 is 26.8 Å². The van der Waals surface area contributed by atoms with E-state index in [9.17, 15) is 18.6 Å². The fourth-order valence-electron chi connectivity index (χ4n) is 6.44. The highest BCUT2D eigenvalue weighted by Crippen LogP contribution is 2.59. The highest BCUT2D eigenvalue weighted by molar-refractivity contribution is 7.95. The molecule has 33 heavy (non-hydrogen) atoms. The van der Waals surface area contributed by atoms with E-state index in [1.54, 1.807) is 20.8 Å². The van der Waals surface area contributed by atoms with Crippen LogP contribution in [0.4, 0.5) is 0 Å². The van der Waals surface area contributed by atoms with Gasteiger partial charge in [0.2, 0.25) is 0 Å². The number of sulfone groups is 1. The van der Waals surface area contributed by atoms with Crippen molar-refractivity contribution in [1.82, 2.24) is 0 Å². The van der Waals surface area contributed by atoms with Crippen LogP contribution in [0.15, 0.2) is 46.9 Å². The SMILES string of the molecule is C=C1C(=CC=C2CCC[C@]3(C)C([C@H](C)CC=CS(=O)(=O)C(C)(C)C)CC[C@@H]23)C[C@@H](O)C[C@@H]1O. The Morgan fingerprint density at radius 3 is 2.58 bits per heavy atom. The Morgan fingerprint density at radius 2 is 1.91 bits per heavy atom. The summed E-state index contributed by atoms with van der Waals surface area (Å²) in [5.41, 5.74) is 3.43. The van der Waals surface area contributed by atoms with E-state index >= 15 is 0 Å². The van der Waals surface area contributed by atoms with E-state index in [0.717, 1.165) is 24.0 Å². The third-order valence-corrected chi connectivity index (χ3v) is 10.9. The Morgan fingerprint density at radius 1 is 1.21 bits per heavy atom. The maximum atomic E-state index is 12.4. The van der Waals surface area contributed by atoms with Crippen LogP contribution in [0.1, 0.15) is 86.0 Å². The molecule has 0 radical (unpaired) electrons. The molecular formula is C28H44O4S. The van der Waals surface area contributed by atoms with Crippen LogP contribution in [0.5, 0.6) is 0 Å². The largest absolute Gasteiger partial charge is 0.393 e. The van der Waals surface area contributed by atoms with Gasteiger partial charge in [0, 0.05) is 11.8 Å². The Labute approximate surface area is 201 Å². The average Bonchev–Trinajstić information content (AvgIpc) is 3.06. The van der Waals surface area contributed by atoms with Crippen LogP contribution in [0.25, 0.3) is 0 Å². The third kappa shape index (κ3) is 5.57. The molecule has 0 aromatic carbocycles. The first-order valence-electron chi connectivity index (χ1n) is 12.6. The summed E-state index contributed by atoms with van der Waals surface area (Å²) in [5, 5.41) is 21.6.